The van der Waals surface area contributed by atoms with Crippen LogP contribution in [0.2, 0.25) is 19.6 Å². The maximum atomic E-state index is 4.66. The molecule has 2 nitrogen and oxygen atoms in total. The van der Waals surface area contributed by atoms with Gasteiger partial charge >= 0.3 is 0 Å². The summed E-state index contributed by atoms with van der Waals surface area (Å²) < 4.78 is 0. The van der Waals surface area contributed by atoms with Crippen molar-refractivity contribution in [3.63, 3.8) is 0 Å². The normalized spacial score (nSPS) is 10.8. The molecule has 1 radical (unpaired) electrons. The van der Waals surface area contributed by atoms with Crippen molar-refractivity contribution in [3.8, 4) is 33.6 Å². The minimum Gasteiger partial charge on any atom is -0.305 e. The third-order valence-electron chi connectivity index (χ3n) is 6.20. The molecule has 0 amide bonds. The molecule has 0 atom stereocenters. The van der Waals surface area contributed by atoms with E-state index in [1.165, 1.54) is 21.9 Å². The zero-order chi connectivity index (χ0) is 26.3. The Labute approximate surface area is 242 Å². The van der Waals surface area contributed by atoms with E-state index in [0.29, 0.717) is 5.92 Å². The van der Waals surface area contributed by atoms with Gasteiger partial charge in [0.25, 0.3) is 0 Å². The molecule has 0 fully saturated rings. The van der Waals surface area contributed by atoms with Crippen molar-refractivity contribution in [2.75, 3.05) is 0 Å². The molecule has 2 heterocycles. The summed E-state index contributed by atoms with van der Waals surface area (Å²) >= 11 is 0. The first-order valence-electron chi connectivity index (χ1n) is 12.8. The van der Waals surface area contributed by atoms with Crippen LogP contribution in [0.3, 0.4) is 0 Å². The number of hydrogen-bond acceptors (Lipinski definition) is 2. The molecule has 0 aliphatic rings. The molecule has 0 aliphatic heterocycles. The summed E-state index contributed by atoms with van der Waals surface area (Å²) in [6, 6.07) is 39.1. The summed E-state index contributed by atoms with van der Waals surface area (Å²) in [5, 5.41) is 1.47. The second-order valence-electron chi connectivity index (χ2n) is 10.4. The van der Waals surface area contributed by atoms with E-state index in [1.54, 1.807) is 0 Å². The second-order valence-corrected chi connectivity index (χ2v) is 15.4. The van der Waals surface area contributed by atoms with Gasteiger partial charge in [0, 0.05) is 32.5 Å². The van der Waals surface area contributed by atoms with Crippen LogP contribution in [0, 0.1) is 12.1 Å². The fourth-order valence-corrected chi connectivity index (χ4v) is 5.89. The van der Waals surface area contributed by atoms with Crippen LogP contribution in [0.4, 0.5) is 0 Å². The molecule has 195 valence electrons. The number of pyridine rings is 2. The van der Waals surface area contributed by atoms with Crippen LogP contribution in [0.25, 0.3) is 33.6 Å². The maximum Gasteiger partial charge on any atom is 0.0799 e. The van der Waals surface area contributed by atoms with Gasteiger partial charge in [0.05, 0.1) is 8.07 Å². The van der Waals surface area contributed by atoms with Gasteiger partial charge in [-0.1, -0.05) is 81.5 Å². The van der Waals surface area contributed by atoms with Gasteiger partial charge in [-0.2, -0.15) is 0 Å². The van der Waals surface area contributed by atoms with Crippen LogP contribution in [0.5, 0.6) is 0 Å². The molecule has 0 saturated carbocycles. The SMILES string of the molecule is CC(C)c1cc(-c2[c-]cccc2)ncc1[Si](C)(C)C.[Ir].[c-]1ccccc1-c1cc(-c2ccccc2)ccn1. The first-order chi connectivity index (χ1) is 17.8. The van der Waals surface area contributed by atoms with Crippen LogP contribution in [0.1, 0.15) is 25.3 Å². The van der Waals surface area contributed by atoms with E-state index < -0.39 is 8.07 Å². The predicted octanol–water partition coefficient (Wildman–Crippen LogP) is 8.43. The second kappa shape index (κ2) is 13.6. The van der Waals surface area contributed by atoms with Gasteiger partial charge in [0.2, 0.25) is 0 Å². The number of hydrogen-bond donors (Lipinski definition) is 0. The van der Waals surface area contributed by atoms with Gasteiger partial charge in [-0.05, 0) is 39.7 Å². The molecule has 0 aliphatic carbocycles. The number of aromatic nitrogens is 2. The van der Waals surface area contributed by atoms with Crippen molar-refractivity contribution in [3.05, 3.63) is 127 Å². The molecule has 5 rings (SSSR count). The Morgan fingerprint density at radius 2 is 1.24 bits per heavy atom. The molecule has 38 heavy (non-hydrogen) atoms. The van der Waals surface area contributed by atoms with Crippen LogP contribution in [-0.4, -0.2) is 18.0 Å². The summed E-state index contributed by atoms with van der Waals surface area (Å²) in [6.07, 6.45) is 3.94. The molecule has 0 N–H and O–H groups in total. The third kappa shape index (κ3) is 7.67. The summed E-state index contributed by atoms with van der Waals surface area (Å²) in [5.74, 6) is 0.534. The zero-order valence-corrected chi connectivity index (χ0v) is 26.1. The van der Waals surface area contributed by atoms with Crippen LogP contribution >= 0.6 is 0 Å². The first kappa shape index (κ1) is 29.4. The average Bonchev–Trinajstić information content (AvgIpc) is 2.94. The molecule has 0 spiro atoms. The molecule has 0 saturated heterocycles. The molecular weight excluding hydrogens is 657 g/mol. The van der Waals surface area contributed by atoms with Gasteiger partial charge < -0.3 is 9.97 Å². The molecule has 0 unspecified atom stereocenters. The van der Waals surface area contributed by atoms with Gasteiger partial charge in [0.1, 0.15) is 0 Å². The molecule has 4 heteroatoms. The Morgan fingerprint density at radius 3 is 1.76 bits per heavy atom. The van der Waals surface area contributed by atoms with E-state index in [2.05, 4.69) is 92.1 Å². The van der Waals surface area contributed by atoms with Crippen molar-refractivity contribution < 1.29 is 20.1 Å². The summed E-state index contributed by atoms with van der Waals surface area (Å²) in [6.45, 7) is 11.7. The third-order valence-corrected chi connectivity index (χ3v) is 8.24. The van der Waals surface area contributed by atoms with Gasteiger partial charge in [-0.3, -0.25) is 0 Å². The topological polar surface area (TPSA) is 25.8 Å². The number of benzene rings is 3. The Morgan fingerprint density at radius 1 is 0.658 bits per heavy atom. The largest absolute Gasteiger partial charge is 0.305 e. The monoisotopic (exact) mass is 691 g/mol. The Kier molecular flexibility index (Phi) is 10.5. The van der Waals surface area contributed by atoms with Crippen molar-refractivity contribution in [1.29, 1.82) is 0 Å². The van der Waals surface area contributed by atoms with Crippen LogP contribution < -0.4 is 5.19 Å². The van der Waals surface area contributed by atoms with E-state index in [4.69, 9.17) is 0 Å². The fraction of sp³-hybridized carbons (Fsp3) is 0.176. The Balaban J connectivity index is 0.000000205. The fourth-order valence-electron chi connectivity index (χ4n) is 4.22. The molecule has 5 aromatic rings. The Bertz CT molecular complexity index is 1360. The predicted molar refractivity (Wildman–Crippen MR) is 160 cm³/mol. The van der Waals surface area contributed by atoms with Crippen molar-refractivity contribution in [1.82, 2.24) is 9.97 Å². The van der Waals surface area contributed by atoms with E-state index in [9.17, 15) is 0 Å². The summed E-state index contributed by atoms with van der Waals surface area (Å²) in [7, 11) is -1.34. The van der Waals surface area contributed by atoms with Crippen LogP contribution in [0.15, 0.2) is 109 Å². The van der Waals surface area contributed by atoms with Gasteiger partial charge in [0.15, 0.2) is 0 Å². The zero-order valence-electron chi connectivity index (χ0n) is 22.7. The maximum absolute atomic E-state index is 4.66. The van der Waals surface area contributed by atoms with Crippen LogP contribution in [-0.2, 0) is 20.1 Å². The molecule has 0 bridgehead atoms. The smallest absolute Gasteiger partial charge is 0.0799 e. The standard InChI is InChI=1S/C17H22NSi.C17H12N.Ir/c1-13(2)15-11-16(14-9-7-6-8-10-14)18-12-17(15)19(3,4)5;1-3-7-14(8-4-1)16-11-12-18-17(13-16)15-9-5-2-6-10-15;/h6-9,11-13H,1-5H3;1-9,11-13H;/q2*-1;. The van der Waals surface area contributed by atoms with Gasteiger partial charge in [-0.15, -0.1) is 71.8 Å². The first-order valence-corrected chi connectivity index (χ1v) is 16.3. The van der Waals surface area contributed by atoms with E-state index in [-0.39, 0.29) is 20.1 Å². The van der Waals surface area contributed by atoms with E-state index >= 15 is 0 Å². The minimum atomic E-state index is -1.34. The number of rotatable bonds is 5. The average molecular weight is 691 g/mol. The number of nitrogens with zero attached hydrogens (tertiary/aromatic N) is 2. The van der Waals surface area contributed by atoms with Crippen molar-refractivity contribution in [2.45, 2.75) is 39.4 Å². The molecule has 2 aromatic heterocycles. The molecule has 3 aromatic carbocycles. The van der Waals surface area contributed by atoms with Gasteiger partial charge in [-0.25, -0.2) is 0 Å². The van der Waals surface area contributed by atoms with E-state index in [0.717, 1.165) is 22.5 Å². The molecular formula is C34H34IrN2Si-2. The van der Waals surface area contributed by atoms with E-state index in [1.807, 2.05) is 72.9 Å². The van der Waals surface area contributed by atoms with Crippen molar-refractivity contribution in [2.24, 2.45) is 0 Å². The minimum absolute atomic E-state index is 0. The van der Waals surface area contributed by atoms with Crippen molar-refractivity contribution >= 4 is 13.3 Å². The summed E-state index contributed by atoms with van der Waals surface area (Å²) in [4.78, 5) is 9.07. The Hall–Kier alpha value is -3.17. The quantitative estimate of drug-likeness (QED) is 0.137. The summed E-state index contributed by atoms with van der Waals surface area (Å²) in [5.41, 5.74) is 7.92.